The molecule has 0 aromatic carbocycles. The number of furan rings is 1. The number of carbonyl (C=O) groups excluding carboxylic acids is 2. The Balaban J connectivity index is 1.56. The number of nitrogens with one attached hydrogen (secondary N) is 2. The van der Waals surface area contributed by atoms with E-state index >= 15 is 0 Å². The zero-order valence-corrected chi connectivity index (χ0v) is 15.9. The molecule has 2 N–H and O–H groups in total. The first-order chi connectivity index (χ1) is 13.5. The molecule has 0 bridgehead atoms. The number of aromatic nitrogens is 1. The number of piperidine rings is 1. The van der Waals surface area contributed by atoms with Gasteiger partial charge in [0.15, 0.2) is 5.76 Å². The zero-order chi connectivity index (χ0) is 20.1. The van der Waals surface area contributed by atoms with Crippen LogP contribution in [0.3, 0.4) is 0 Å². The predicted octanol–water partition coefficient (Wildman–Crippen LogP) is 2.22. The average Bonchev–Trinajstić information content (AvgIpc) is 3.35. The summed E-state index contributed by atoms with van der Waals surface area (Å²) in [7, 11) is 0. The standard InChI is InChI=1S/C19H23N5O4/c1-12(2)10-16(25)22-23-17(26)13-5-7-24(8-6-13)19-14(11-20)21-18(28-19)15-4-3-9-27-15/h3-4,9,12-13H,5-8,10H2,1-2H3,(H,22,25)(H,23,26). The maximum Gasteiger partial charge on any atom is 0.266 e. The number of hydrogen-bond acceptors (Lipinski definition) is 7. The lowest BCUT2D eigenvalue weighted by atomic mass is 9.96. The third-order valence-corrected chi connectivity index (χ3v) is 4.52. The summed E-state index contributed by atoms with van der Waals surface area (Å²) in [5, 5.41) is 9.35. The van der Waals surface area contributed by atoms with Crippen molar-refractivity contribution in [1.82, 2.24) is 15.8 Å². The van der Waals surface area contributed by atoms with E-state index in [1.807, 2.05) is 24.8 Å². The second-order valence-electron chi connectivity index (χ2n) is 7.16. The summed E-state index contributed by atoms with van der Waals surface area (Å²) < 4.78 is 11.0. The van der Waals surface area contributed by atoms with Crippen LogP contribution in [0.25, 0.3) is 11.7 Å². The van der Waals surface area contributed by atoms with Gasteiger partial charge in [0.25, 0.3) is 5.89 Å². The molecule has 2 amide bonds. The lowest BCUT2D eigenvalue weighted by Gasteiger charge is -2.30. The molecule has 28 heavy (non-hydrogen) atoms. The Hall–Kier alpha value is -3.28. The fourth-order valence-electron chi connectivity index (χ4n) is 3.10. The van der Waals surface area contributed by atoms with Crippen LogP contribution in [-0.4, -0.2) is 29.9 Å². The SMILES string of the molecule is CC(C)CC(=O)NNC(=O)C1CCN(c2oc(-c3ccco3)nc2C#N)CC1. The number of anilines is 1. The summed E-state index contributed by atoms with van der Waals surface area (Å²) in [6.07, 6.45) is 3.02. The van der Waals surface area contributed by atoms with E-state index < -0.39 is 0 Å². The monoisotopic (exact) mass is 385 g/mol. The molecule has 1 aliphatic rings. The molecular weight excluding hydrogens is 362 g/mol. The fraction of sp³-hybridized carbons (Fsp3) is 0.474. The van der Waals surface area contributed by atoms with Crippen LogP contribution in [0.15, 0.2) is 27.2 Å². The summed E-state index contributed by atoms with van der Waals surface area (Å²) in [6.45, 7) is 4.96. The first kappa shape index (κ1) is 19.5. The number of carbonyl (C=O) groups is 2. The smallest absolute Gasteiger partial charge is 0.266 e. The molecule has 0 spiro atoms. The molecule has 0 radical (unpaired) electrons. The number of nitriles is 1. The van der Waals surface area contributed by atoms with Crippen molar-refractivity contribution >= 4 is 17.7 Å². The quantitative estimate of drug-likeness (QED) is 0.756. The maximum absolute atomic E-state index is 12.3. The van der Waals surface area contributed by atoms with Gasteiger partial charge in [-0.15, -0.1) is 0 Å². The van der Waals surface area contributed by atoms with Crippen molar-refractivity contribution in [1.29, 1.82) is 5.26 Å². The van der Waals surface area contributed by atoms with Crippen LogP contribution in [0, 0.1) is 23.2 Å². The van der Waals surface area contributed by atoms with Crippen molar-refractivity contribution in [2.45, 2.75) is 33.1 Å². The van der Waals surface area contributed by atoms with Gasteiger partial charge < -0.3 is 13.7 Å². The highest BCUT2D eigenvalue weighted by Crippen LogP contribution is 2.31. The Labute approximate surface area is 162 Å². The highest BCUT2D eigenvalue weighted by Gasteiger charge is 2.29. The Morgan fingerprint density at radius 2 is 2.11 bits per heavy atom. The van der Waals surface area contributed by atoms with Gasteiger partial charge in [-0.3, -0.25) is 20.4 Å². The Bertz CT molecular complexity index is 858. The van der Waals surface area contributed by atoms with Gasteiger partial charge in [0.2, 0.25) is 23.4 Å². The van der Waals surface area contributed by atoms with Crippen molar-refractivity contribution in [2.24, 2.45) is 11.8 Å². The average molecular weight is 385 g/mol. The molecule has 9 heteroatoms. The van der Waals surface area contributed by atoms with E-state index in [0.29, 0.717) is 44.0 Å². The highest BCUT2D eigenvalue weighted by molar-refractivity contribution is 5.83. The van der Waals surface area contributed by atoms with E-state index in [1.54, 1.807) is 12.1 Å². The van der Waals surface area contributed by atoms with Crippen LogP contribution in [0.1, 0.15) is 38.8 Å². The van der Waals surface area contributed by atoms with E-state index in [1.165, 1.54) is 6.26 Å². The molecule has 3 heterocycles. The lowest BCUT2D eigenvalue weighted by molar-refractivity contribution is -0.132. The Kier molecular flexibility index (Phi) is 5.99. The van der Waals surface area contributed by atoms with E-state index in [0.717, 1.165) is 0 Å². The minimum absolute atomic E-state index is 0.190. The van der Waals surface area contributed by atoms with Gasteiger partial charge in [0, 0.05) is 25.4 Å². The van der Waals surface area contributed by atoms with Crippen molar-refractivity contribution < 1.29 is 18.4 Å². The fourth-order valence-corrected chi connectivity index (χ4v) is 3.10. The van der Waals surface area contributed by atoms with E-state index in [-0.39, 0.29) is 35.2 Å². The molecule has 1 fully saturated rings. The minimum Gasteiger partial charge on any atom is -0.459 e. The third-order valence-electron chi connectivity index (χ3n) is 4.52. The topological polar surface area (TPSA) is 124 Å². The third kappa shape index (κ3) is 4.52. The molecule has 2 aromatic rings. The number of amides is 2. The second kappa shape index (κ2) is 8.61. The van der Waals surface area contributed by atoms with Crippen molar-refractivity contribution in [2.75, 3.05) is 18.0 Å². The Morgan fingerprint density at radius 3 is 2.71 bits per heavy atom. The number of hydrogen-bond donors (Lipinski definition) is 2. The van der Waals surface area contributed by atoms with Gasteiger partial charge >= 0.3 is 0 Å². The van der Waals surface area contributed by atoms with Gasteiger partial charge in [-0.25, -0.2) is 0 Å². The molecule has 9 nitrogen and oxygen atoms in total. The van der Waals surface area contributed by atoms with Crippen molar-refractivity contribution in [3.8, 4) is 17.7 Å². The number of hydrazine groups is 1. The molecule has 148 valence electrons. The molecule has 0 unspecified atom stereocenters. The van der Waals surface area contributed by atoms with Gasteiger partial charge in [-0.2, -0.15) is 10.2 Å². The predicted molar refractivity (Wildman–Crippen MR) is 99.6 cm³/mol. The first-order valence-electron chi connectivity index (χ1n) is 9.26. The van der Waals surface area contributed by atoms with Crippen molar-refractivity contribution in [3.63, 3.8) is 0 Å². The van der Waals surface area contributed by atoms with E-state index in [2.05, 4.69) is 15.8 Å². The maximum atomic E-state index is 12.3. The molecule has 0 saturated carbocycles. The summed E-state index contributed by atoms with van der Waals surface area (Å²) in [5.74, 6) is 0.699. The van der Waals surface area contributed by atoms with Crippen LogP contribution in [0.5, 0.6) is 0 Å². The molecule has 0 aliphatic carbocycles. The second-order valence-corrected chi connectivity index (χ2v) is 7.16. The summed E-state index contributed by atoms with van der Waals surface area (Å²) in [6, 6.07) is 5.47. The van der Waals surface area contributed by atoms with Crippen LogP contribution in [0.4, 0.5) is 5.88 Å². The van der Waals surface area contributed by atoms with Crippen LogP contribution >= 0.6 is 0 Å². The van der Waals surface area contributed by atoms with Gasteiger partial charge in [-0.05, 0) is 30.9 Å². The minimum atomic E-state index is -0.214. The summed E-state index contributed by atoms with van der Waals surface area (Å²) in [4.78, 5) is 30.0. The zero-order valence-electron chi connectivity index (χ0n) is 15.9. The molecule has 0 atom stereocenters. The molecule has 2 aromatic heterocycles. The number of oxazole rings is 1. The molecule has 1 saturated heterocycles. The van der Waals surface area contributed by atoms with Crippen LogP contribution < -0.4 is 15.8 Å². The van der Waals surface area contributed by atoms with Crippen molar-refractivity contribution in [3.05, 3.63) is 24.1 Å². The molecular formula is C19H23N5O4. The Morgan fingerprint density at radius 1 is 1.36 bits per heavy atom. The number of nitrogens with zero attached hydrogens (tertiary/aromatic N) is 3. The largest absolute Gasteiger partial charge is 0.459 e. The number of rotatable bonds is 5. The van der Waals surface area contributed by atoms with Crippen LogP contribution in [0.2, 0.25) is 0 Å². The van der Waals surface area contributed by atoms with E-state index in [9.17, 15) is 14.9 Å². The van der Waals surface area contributed by atoms with Gasteiger partial charge in [0.05, 0.1) is 6.26 Å². The molecule has 3 rings (SSSR count). The summed E-state index contributed by atoms with van der Waals surface area (Å²) in [5.41, 5.74) is 5.15. The van der Waals surface area contributed by atoms with Gasteiger partial charge in [0.1, 0.15) is 6.07 Å². The summed E-state index contributed by atoms with van der Waals surface area (Å²) >= 11 is 0. The van der Waals surface area contributed by atoms with Gasteiger partial charge in [-0.1, -0.05) is 13.8 Å². The van der Waals surface area contributed by atoms with Crippen LogP contribution in [-0.2, 0) is 9.59 Å². The lowest BCUT2D eigenvalue weighted by Crippen LogP contribution is -2.47. The normalized spacial score (nSPS) is 14.7. The first-order valence-corrected chi connectivity index (χ1v) is 9.26. The highest BCUT2D eigenvalue weighted by atomic mass is 16.4. The van der Waals surface area contributed by atoms with E-state index in [4.69, 9.17) is 8.83 Å². The molecule has 1 aliphatic heterocycles.